The zero-order valence-corrected chi connectivity index (χ0v) is 12.3. The lowest BCUT2D eigenvalue weighted by Gasteiger charge is -2.13. The van der Waals surface area contributed by atoms with Crippen molar-refractivity contribution < 1.29 is 14.6 Å². The zero-order valence-electron chi connectivity index (χ0n) is 12.3. The number of carboxylic acids is 1. The standard InChI is InChI=1S/C19H15NO3/c20-14-10-11-18(16(12-14)19(21)22)23-17-9-5-4-8-15(17)13-6-2-1-3-7-13/h1-12H,20H2,(H,21,22). The molecule has 0 saturated heterocycles. The van der Waals surface area contributed by atoms with Gasteiger partial charge in [-0.1, -0.05) is 48.5 Å². The van der Waals surface area contributed by atoms with E-state index in [4.69, 9.17) is 10.5 Å². The molecule has 0 unspecified atom stereocenters. The lowest BCUT2D eigenvalue weighted by Crippen LogP contribution is -2.02. The predicted molar refractivity (Wildman–Crippen MR) is 89.8 cm³/mol. The van der Waals surface area contributed by atoms with E-state index in [1.54, 1.807) is 12.1 Å². The highest BCUT2D eigenvalue weighted by molar-refractivity contribution is 5.92. The average Bonchev–Trinajstić information content (AvgIpc) is 2.57. The van der Waals surface area contributed by atoms with Crippen LogP contribution in [-0.4, -0.2) is 11.1 Å². The van der Waals surface area contributed by atoms with Gasteiger partial charge >= 0.3 is 5.97 Å². The van der Waals surface area contributed by atoms with Gasteiger partial charge in [0.15, 0.2) is 0 Å². The second-order valence-corrected chi connectivity index (χ2v) is 5.02. The second kappa shape index (κ2) is 6.23. The number of nitrogens with two attached hydrogens (primary N) is 1. The minimum Gasteiger partial charge on any atom is -0.478 e. The molecule has 0 saturated carbocycles. The van der Waals surface area contributed by atoms with Gasteiger partial charge in [-0.25, -0.2) is 4.79 Å². The first-order valence-electron chi connectivity index (χ1n) is 7.10. The van der Waals surface area contributed by atoms with Crippen molar-refractivity contribution in [3.05, 3.63) is 78.4 Å². The maximum absolute atomic E-state index is 11.4. The summed E-state index contributed by atoms with van der Waals surface area (Å²) < 4.78 is 5.87. The van der Waals surface area contributed by atoms with Gasteiger partial charge < -0.3 is 15.6 Å². The minimum atomic E-state index is -1.08. The van der Waals surface area contributed by atoms with Gasteiger partial charge in [-0.2, -0.15) is 0 Å². The third kappa shape index (κ3) is 3.16. The first-order valence-corrected chi connectivity index (χ1v) is 7.10. The second-order valence-electron chi connectivity index (χ2n) is 5.02. The molecule has 3 aromatic carbocycles. The number of carboxylic acid groups (broad SMARTS) is 1. The molecule has 0 amide bonds. The highest BCUT2D eigenvalue weighted by Crippen LogP contribution is 2.34. The zero-order chi connectivity index (χ0) is 16.2. The monoisotopic (exact) mass is 305 g/mol. The van der Waals surface area contributed by atoms with Crippen molar-refractivity contribution >= 4 is 11.7 Å². The normalized spacial score (nSPS) is 10.3. The van der Waals surface area contributed by atoms with Crippen LogP contribution >= 0.6 is 0 Å². The summed E-state index contributed by atoms with van der Waals surface area (Å²) in [7, 11) is 0. The van der Waals surface area contributed by atoms with Crippen molar-refractivity contribution in [2.75, 3.05) is 5.73 Å². The molecule has 0 aliphatic heterocycles. The van der Waals surface area contributed by atoms with Gasteiger partial charge in [-0.05, 0) is 29.8 Å². The van der Waals surface area contributed by atoms with Crippen molar-refractivity contribution in [3.8, 4) is 22.6 Å². The first-order chi connectivity index (χ1) is 11.1. The molecule has 0 aromatic heterocycles. The van der Waals surface area contributed by atoms with Crippen LogP contribution in [-0.2, 0) is 0 Å². The van der Waals surface area contributed by atoms with Gasteiger partial charge in [0.1, 0.15) is 17.1 Å². The smallest absolute Gasteiger partial charge is 0.339 e. The van der Waals surface area contributed by atoms with Crippen LogP contribution in [0.25, 0.3) is 11.1 Å². The van der Waals surface area contributed by atoms with Gasteiger partial charge in [-0.3, -0.25) is 0 Å². The third-order valence-corrected chi connectivity index (χ3v) is 3.43. The summed E-state index contributed by atoms with van der Waals surface area (Å²) in [5, 5.41) is 9.32. The Hall–Kier alpha value is -3.27. The molecule has 0 atom stereocenters. The number of ether oxygens (including phenoxy) is 1. The molecule has 3 rings (SSSR count). The van der Waals surface area contributed by atoms with Crippen LogP contribution in [0.5, 0.6) is 11.5 Å². The van der Waals surface area contributed by atoms with Crippen LogP contribution < -0.4 is 10.5 Å². The number of aromatic carboxylic acids is 1. The fraction of sp³-hybridized carbons (Fsp3) is 0. The van der Waals surface area contributed by atoms with E-state index in [9.17, 15) is 9.90 Å². The Morgan fingerprint density at radius 2 is 1.57 bits per heavy atom. The molecule has 0 heterocycles. The van der Waals surface area contributed by atoms with E-state index in [-0.39, 0.29) is 11.3 Å². The van der Waals surface area contributed by atoms with Gasteiger partial charge in [0.05, 0.1) is 0 Å². The molecule has 23 heavy (non-hydrogen) atoms. The van der Waals surface area contributed by atoms with E-state index < -0.39 is 5.97 Å². The lowest BCUT2D eigenvalue weighted by atomic mass is 10.0. The molecule has 4 nitrogen and oxygen atoms in total. The molecule has 0 fully saturated rings. The van der Waals surface area contributed by atoms with E-state index in [0.717, 1.165) is 11.1 Å². The summed E-state index contributed by atoms with van der Waals surface area (Å²) in [6.07, 6.45) is 0. The molecule has 114 valence electrons. The van der Waals surface area contributed by atoms with E-state index >= 15 is 0 Å². The Kier molecular flexibility index (Phi) is 3.97. The number of carbonyl (C=O) groups is 1. The van der Waals surface area contributed by atoms with Crippen molar-refractivity contribution in [1.29, 1.82) is 0 Å². The number of hydrogen-bond acceptors (Lipinski definition) is 3. The topological polar surface area (TPSA) is 72.5 Å². The Morgan fingerprint density at radius 3 is 2.30 bits per heavy atom. The molecule has 4 heteroatoms. The van der Waals surface area contributed by atoms with Gasteiger partial charge in [0.25, 0.3) is 0 Å². The average molecular weight is 305 g/mol. The number of anilines is 1. The van der Waals surface area contributed by atoms with Crippen LogP contribution in [0.15, 0.2) is 72.8 Å². The summed E-state index contributed by atoms with van der Waals surface area (Å²) in [6.45, 7) is 0. The summed E-state index contributed by atoms with van der Waals surface area (Å²) in [5.74, 6) is -0.231. The highest BCUT2D eigenvalue weighted by Gasteiger charge is 2.14. The number of hydrogen-bond donors (Lipinski definition) is 2. The molecule has 3 aromatic rings. The summed E-state index contributed by atoms with van der Waals surface area (Å²) in [6, 6.07) is 21.9. The number of benzene rings is 3. The number of rotatable bonds is 4. The van der Waals surface area contributed by atoms with E-state index in [2.05, 4.69) is 0 Å². The molecule has 0 spiro atoms. The summed E-state index contributed by atoms with van der Waals surface area (Å²) >= 11 is 0. The highest BCUT2D eigenvalue weighted by atomic mass is 16.5. The van der Waals surface area contributed by atoms with Gasteiger partial charge in [0, 0.05) is 11.3 Å². The first kappa shape index (κ1) is 14.7. The van der Waals surface area contributed by atoms with Crippen LogP contribution in [0.1, 0.15) is 10.4 Å². The molecule has 0 bridgehead atoms. The summed E-state index contributed by atoms with van der Waals surface area (Å²) in [4.78, 5) is 11.4. The molecule has 0 aliphatic rings. The van der Waals surface area contributed by atoms with Crippen molar-refractivity contribution in [3.63, 3.8) is 0 Å². The number of para-hydroxylation sites is 1. The maximum Gasteiger partial charge on any atom is 0.339 e. The molecule has 0 aliphatic carbocycles. The Bertz CT molecular complexity index is 844. The molecular weight excluding hydrogens is 290 g/mol. The maximum atomic E-state index is 11.4. The predicted octanol–water partition coefficient (Wildman–Crippen LogP) is 4.43. The van der Waals surface area contributed by atoms with Gasteiger partial charge in [-0.15, -0.1) is 0 Å². The van der Waals surface area contributed by atoms with Crippen LogP contribution in [0.4, 0.5) is 5.69 Å². The third-order valence-electron chi connectivity index (χ3n) is 3.43. The Balaban J connectivity index is 2.04. The van der Waals surface area contributed by atoms with Crippen LogP contribution in [0.2, 0.25) is 0 Å². The number of nitrogen functional groups attached to an aromatic ring is 1. The van der Waals surface area contributed by atoms with E-state index in [0.29, 0.717) is 11.4 Å². The van der Waals surface area contributed by atoms with Crippen molar-refractivity contribution in [2.24, 2.45) is 0 Å². The fourth-order valence-electron chi connectivity index (χ4n) is 2.33. The molecule has 3 N–H and O–H groups in total. The SMILES string of the molecule is Nc1ccc(Oc2ccccc2-c2ccccc2)c(C(=O)O)c1. The van der Waals surface area contributed by atoms with Crippen LogP contribution in [0, 0.1) is 0 Å². The lowest BCUT2D eigenvalue weighted by molar-refractivity contribution is 0.0694. The van der Waals surface area contributed by atoms with E-state index in [1.165, 1.54) is 6.07 Å². The van der Waals surface area contributed by atoms with Gasteiger partial charge in [0.2, 0.25) is 0 Å². The molecule has 0 radical (unpaired) electrons. The largest absolute Gasteiger partial charge is 0.478 e. The van der Waals surface area contributed by atoms with E-state index in [1.807, 2.05) is 54.6 Å². The van der Waals surface area contributed by atoms with Crippen molar-refractivity contribution in [1.82, 2.24) is 0 Å². The van der Waals surface area contributed by atoms with Crippen LogP contribution in [0.3, 0.4) is 0 Å². The quantitative estimate of drug-likeness (QED) is 0.700. The molecular formula is C19H15NO3. The minimum absolute atomic E-state index is 0.0351. The Labute approximate surface area is 133 Å². The fourth-order valence-corrected chi connectivity index (χ4v) is 2.33. The summed E-state index contributed by atoms with van der Waals surface area (Å²) in [5.41, 5.74) is 7.96. The van der Waals surface area contributed by atoms with Crippen molar-refractivity contribution in [2.45, 2.75) is 0 Å². The Morgan fingerprint density at radius 1 is 0.870 bits per heavy atom.